The van der Waals surface area contributed by atoms with Gasteiger partial charge in [0.25, 0.3) is 0 Å². The summed E-state index contributed by atoms with van der Waals surface area (Å²) in [6, 6.07) is 14.1. The van der Waals surface area contributed by atoms with Crippen LogP contribution in [0.1, 0.15) is 31.7 Å². The van der Waals surface area contributed by atoms with Gasteiger partial charge in [0.05, 0.1) is 13.4 Å². The van der Waals surface area contributed by atoms with Gasteiger partial charge >= 0.3 is 0 Å². The van der Waals surface area contributed by atoms with E-state index in [0.717, 1.165) is 46.3 Å². The van der Waals surface area contributed by atoms with Gasteiger partial charge in [-0.1, -0.05) is 43.4 Å². The Bertz CT molecular complexity index is 862. The van der Waals surface area contributed by atoms with Crippen LogP contribution in [0.5, 0.6) is 5.75 Å². The van der Waals surface area contributed by atoms with Crippen molar-refractivity contribution >= 4 is 11.0 Å². The van der Waals surface area contributed by atoms with Crippen LogP contribution in [0.2, 0.25) is 0 Å². The van der Waals surface area contributed by atoms with Crippen molar-refractivity contribution in [1.29, 1.82) is 0 Å². The third-order valence-electron chi connectivity index (χ3n) is 3.88. The normalized spacial score (nSPS) is 10.3. The van der Waals surface area contributed by atoms with E-state index in [2.05, 4.69) is 30.9 Å². The van der Waals surface area contributed by atoms with Gasteiger partial charge in [0.15, 0.2) is 0 Å². The molecular weight excluding hydrogens is 284 g/mol. The zero-order chi connectivity index (χ0) is 16.1. The first-order valence-corrected chi connectivity index (χ1v) is 7.97. The lowest BCUT2D eigenvalue weighted by Gasteiger charge is -2.03. The smallest absolute Gasteiger partial charge is 0.138 e. The number of methoxy groups -OCH3 is 1. The summed E-state index contributed by atoms with van der Waals surface area (Å²) < 4.78 is 11.0. The van der Waals surface area contributed by atoms with Gasteiger partial charge in [-0.2, -0.15) is 0 Å². The number of hydrogen-bond donors (Lipinski definition) is 0. The van der Waals surface area contributed by atoms with E-state index in [1.165, 1.54) is 6.42 Å². The van der Waals surface area contributed by atoms with Crippen LogP contribution in [-0.2, 0) is 0 Å². The molecule has 0 aliphatic carbocycles. The van der Waals surface area contributed by atoms with Crippen molar-refractivity contribution in [2.24, 2.45) is 0 Å². The van der Waals surface area contributed by atoms with E-state index < -0.39 is 0 Å². The van der Waals surface area contributed by atoms with Crippen molar-refractivity contribution in [2.45, 2.75) is 26.2 Å². The summed E-state index contributed by atoms with van der Waals surface area (Å²) in [7, 11) is 1.66. The summed E-state index contributed by atoms with van der Waals surface area (Å²) in [5, 5.41) is 1.08. The van der Waals surface area contributed by atoms with Crippen molar-refractivity contribution in [3.63, 3.8) is 0 Å². The zero-order valence-electron chi connectivity index (χ0n) is 13.6. The predicted molar refractivity (Wildman–Crippen MR) is 94.6 cm³/mol. The van der Waals surface area contributed by atoms with Crippen LogP contribution in [0.4, 0.5) is 0 Å². The summed E-state index contributed by atoms with van der Waals surface area (Å²) in [5.41, 5.74) is 4.05. The minimum absolute atomic E-state index is 0.797. The number of rotatable bonds is 4. The van der Waals surface area contributed by atoms with E-state index in [1.807, 2.05) is 30.3 Å². The average molecular weight is 304 g/mol. The topological polar surface area (TPSA) is 22.4 Å². The molecule has 0 spiro atoms. The van der Waals surface area contributed by atoms with Crippen LogP contribution in [0, 0.1) is 11.8 Å². The molecule has 116 valence electrons. The van der Waals surface area contributed by atoms with Crippen LogP contribution < -0.4 is 4.74 Å². The predicted octanol–water partition coefficient (Wildman–Crippen LogP) is 5.65. The Morgan fingerprint density at radius 3 is 2.78 bits per heavy atom. The number of hydrogen-bond acceptors (Lipinski definition) is 2. The maximum atomic E-state index is 5.72. The fourth-order valence-corrected chi connectivity index (χ4v) is 2.59. The van der Waals surface area contributed by atoms with E-state index >= 15 is 0 Å². The molecule has 0 saturated heterocycles. The molecule has 0 amide bonds. The summed E-state index contributed by atoms with van der Waals surface area (Å²) >= 11 is 0. The molecule has 0 aliphatic rings. The van der Waals surface area contributed by atoms with Crippen LogP contribution in [-0.4, -0.2) is 7.11 Å². The largest absolute Gasteiger partial charge is 0.497 e. The Morgan fingerprint density at radius 1 is 1.09 bits per heavy atom. The maximum Gasteiger partial charge on any atom is 0.138 e. The van der Waals surface area contributed by atoms with Crippen molar-refractivity contribution in [2.75, 3.05) is 7.11 Å². The highest BCUT2D eigenvalue weighted by atomic mass is 16.5. The van der Waals surface area contributed by atoms with Crippen molar-refractivity contribution in [3.05, 3.63) is 54.3 Å². The van der Waals surface area contributed by atoms with E-state index in [0.29, 0.717) is 0 Å². The highest BCUT2D eigenvalue weighted by Gasteiger charge is 2.11. The van der Waals surface area contributed by atoms with Crippen molar-refractivity contribution in [1.82, 2.24) is 0 Å². The lowest BCUT2D eigenvalue weighted by Crippen LogP contribution is -1.84. The Balaban J connectivity index is 2.03. The van der Waals surface area contributed by atoms with E-state index in [9.17, 15) is 0 Å². The first-order valence-electron chi connectivity index (χ1n) is 7.97. The maximum absolute atomic E-state index is 5.72. The van der Waals surface area contributed by atoms with Crippen molar-refractivity contribution in [3.8, 4) is 28.7 Å². The summed E-state index contributed by atoms with van der Waals surface area (Å²) in [6.45, 7) is 2.18. The first kappa shape index (κ1) is 15.2. The Kier molecular flexibility index (Phi) is 4.68. The average Bonchev–Trinajstić information content (AvgIpc) is 3.02. The number of benzene rings is 2. The number of furan rings is 1. The van der Waals surface area contributed by atoms with Crippen LogP contribution in [0.3, 0.4) is 0 Å². The molecule has 2 heteroatoms. The highest BCUT2D eigenvalue weighted by molar-refractivity contribution is 5.96. The SMILES string of the molecule is CCCCC#Cc1ccccc1-c1coc2cc(OC)ccc12. The molecule has 0 N–H and O–H groups in total. The van der Waals surface area contributed by atoms with Gasteiger partial charge < -0.3 is 9.15 Å². The molecule has 0 saturated carbocycles. The fourth-order valence-electron chi connectivity index (χ4n) is 2.59. The molecule has 23 heavy (non-hydrogen) atoms. The molecule has 0 fully saturated rings. The lowest BCUT2D eigenvalue weighted by molar-refractivity contribution is 0.414. The second-order valence-corrected chi connectivity index (χ2v) is 5.46. The lowest BCUT2D eigenvalue weighted by atomic mass is 9.99. The number of fused-ring (bicyclic) bond motifs is 1. The zero-order valence-corrected chi connectivity index (χ0v) is 13.6. The van der Waals surface area contributed by atoms with Crippen LogP contribution >= 0.6 is 0 Å². The van der Waals surface area contributed by atoms with E-state index in [1.54, 1.807) is 13.4 Å². The van der Waals surface area contributed by atoms with Crippen LogP contribution in [0.25, 0.3) is 22.1 Å². The van der Waals surface area contributed by atoms with E-state index in [4.69, 9.17) is 9.15 Å². The quantitative estimate of drug-likeness (QED) is 0.459. The highest BCUT2D eigenvalue weighted by Crippen LogP contribution is 2.34. The molecule has 0 radical (unpaired) electrons. The minimum atomic E-state index is 0.797. The van der Waals surface area contributed by atoms with Gasteiger partial charge in [-0.05, 0) is 24.6 Å². The van der Waals surface area contributed by atoms with Gasteiger partial charge in [0.2, 0.25) is 0 Å². The van der Waals surface area contributed by atoms with Crippen LogP contribution in [0.15, 0.2) is 53.1 Å². The third-order valence-corrected chi connectivity index (χ3v) is 3.88. The van der Waals surface area contributed by atoms with Gasteiger partial charge in [0, 0.05) is 34.6 Å². The Labute approximate surface area is 137 Å². The third kappa shape index (κ3) is 3.24. The fraction of sp³-hybridized carbons (Fsp3) is 0.238. The first-order chi connectivity index (χ1) is 11.3. The van der Waals surface area contributed by atoms with Gasteiger partial charge in [0.1, 0.15) is 11.3 Å². The summed E-state index contributed by atoms with van der Waals surface area (Å²) in [4.78, 5) is 0. The van der Waals surface area contributed by atoms with Gasteiger partial charge in [-0.15, -0.1) is 0 Å². The molecule has 1 heterocycles. The molecule has 3 rings (SSSR count). The number of ether oxygens (including phenoxy) is 1. The molecular formula is C21H20O2. The molecule has 1 aromatic heterocycles. The molecule has 0 atom stereocenters. The minimum Gasteiger partial charge on any atom is -0.497 e. The Morgan fingerprint density at radius 2 is 1.96 bits per heavy atom. The molecule has 0 bridgehead atoms. The molecule has 2 aromatic carbocycles. The summed E-state index contributed by atoms with van der Waals surface area (Å²) in [5.74, 6) is 7.38. The standard InChI is InChI=1S/C21H20O2/c1-3-4-5-6-9-16-10-7-8-11-18(16)20-15-23-21-14-17(22-2)12-13-19(20)21/h7-8,10-15H,3-5H2,1-2H3. The molecule has 2 nitrogen and oxygen atoms in total. The molecule has 0 aliphatic heterocycles. The van der Waals surface area contributed by atoms with Gasteiger partial charge in [-0.3, -0.25) is 0 Å². The second kappa shape index (κ2) is 7.07. The second-order valence-electron chi connectivity index (χ2n) is 5.46. The number of unbranched alkanes of at least 4 members (excludes halogenated alkanes) is 2. The summed E-state index contributed by atoms with van der Waals surface area (Å²) in [6.07, 6.45) is 5.05. The van der Waals surface area contributed by atoms with Gasteiger partial charge in [-0.25, -0.2) is 0 Å². The monoisotopic (exact) mass is 304 g/mol. The van der Waals surface area contributed by atoms with Crippen molar-refractivity contribution < 1.29 is 9.15 Å². The molecule has 0 unspecified atom stereocenters. The Hall–Kier alpha value is -2.66. The molecule has 3 aromatic rings. The van der Waals surface area contributed by atoms with E-state index in [-0.39, 0.29) is 0 Å².